The van der Waals surface area contributed by atoms with Crippen LogP contribution in [0.15, 0.2) is 30.3 Å². The minimum Gasteiger partial charge on any atom is -0.481 e. The van der Waals surface area contributed by atoms with E-state index in [-0.39, 0.29) is 6.04 Å². The maximum absolute atomic E-state index is 11.9. The van der Waals surface area contributed by atoms with Gasteiger partial charge in [0.1, 0.15) is 0 Å². The molecule has 1 saturated carbocycles. The second kappa shape index (κ2) is 7.49. The molecule has 0 aromatic heterocycles. The van der Waals surface area contributed by atoms with E-state index in [4.69, 9.17) is 0 Å². The number of benzene rings is 1. The highest BCUT2D eigenvalue weighted by Crippen LogP contribution is 2.23. The number of carboxylic acids is 1. The van der Waals surface area contributed by atoms with E-state index < -0.39 is 17.8 Å². The first-order valence-corrected chi connectivity index (χ1v) is 7.27. The van der Waals surface area contributed by atoms with E-state index in [0.717, 1.165) is 24.8 Å². The molecule has 1 aliphatic rings. The smallest absolute Gasteiger partial charge is 0.308 e. The molecule has 0 spiro atoms. The molecule has 1 aliphatic carbocycles. The lowest BCUT2D eigenvalue weighted by Gasteiger charge is -2.21. The van der Waals surface area contributed by atoms with Crippen molar-refractivity contribution in [2.24, 2.45) is 5.92 Å². The average Bonchev–Trinajstić information content (AvgIpc) is 2.72. The highest BCUT2D eigenvalue weighted by molar-refractivity contribution is 5.94. The van der Waals surface area contributed by atoms with Gasteiger partial charge in [-0.2, -0.15) is 0 Å². The van der Waals surface area contributed by atoms with Crippen LogP contribution in [0, 0.1) is 17.8 Å². The van der Waals surface area contributed by atoms with Crippen LogP contribution in [0.3, 0.4) is 0 Å². The van der Waals surface area contributed by atoms with Gasteiger partial charge in [-0.15, -0.1) is 0 Å². The number of rotatable bonds is 2. The average molecular weight is 285 g/mol. The standard InChI is InChI=1S/C17H19NO3/c19-16(12-11-13-7-3-1-4-8-13)18-15-10-6-2-5-9-14(15)17(20)21/h1,3-4,7-8,14-15H,2,5-6,9-10H2,(H,18,19)(H,20,21). The summed E-state index contributed by atoms with van der Waals surface area (Å²) in [7, 11) is 0. The number of amides is 1. The summed E-state index contributed by atoms with van der Waals surface area (Å²) in [5, 5.41) is 12.0. The van der Waals surface area contributed by atoms with Crippen molar-refractivity contribution < 1.29 is 14.7 Å². The third-order valence-electron chi connectivity index (χ3n) is 3.74. The molecule has 1 amide bonds. The number of aliphatic carboxylic acids is 1. The monoisotopic (exact) mass is 285 g/mol. The van der Waals surface area contributed by atoms with Gasteiger partial charge in [0.05, 0.1) is 5.92 Å². The summed E-state index contributed by atoms with van der Waals surface area (Å²) in [4.78, 5) is 23.2. The first kappa shape index (κ1) is 15.1. The first-order chi connectivity index (χ1) is 10.2. The van der Waals surface area contributed by atoms with Crippen molar-refractivity contribution in [3.63, 3.8) is 0 Å². The third-order valence-corrected chi connectivity index (χ3v) is 3.74. The van der Waals surface area contributed by atoms with Gasteiger partial charge >= 0.3 is 5.97 Å². The minimum absolute atomic E-state index is 0.317. The van der Waals surface area contributed by atoms with Gasteiger partial charge in [0, 0.05) is 17.5 Å². The lowest BCUT2D eigenvalue weighted by Crippen LogP contribution is -2.42. The van der Waals surface area contributed by atoms with Crippen LogP contribution in [-0.4, -0.2) is 23.0 Å². The van der Waals surface area contributed by atoms with Gasteiger partial charge in [-0.1, -0.05) is 43.4 Å². The van der Waals surface area contributed by atoms with E-state index in [1.165, 1.54) is 0 Å². The van der Waals surface area contributed by atoms with Crippen LogP contribution in [0.1, 0.15) is 37.7 Å². The molecular formula is C17H19NO3. The van der Waals surface area contributed by atoms with Gasteiger partial charge in [0.2, 0.25) is 0 Å². The van der Waals surface area contributed by atoms with Gasteiger partial charge in [-0.05, 0) is 25.0 Å². The van der Waals surface area contributed by atoms with E-state index in [2.05, 4.69) is 17.2 Å². The summed E-state index contributed by atoms with van der Waals surface area (Å²) < 4.78 is 0. The molecule has 1 aromatic rings. The van der Waals surface area contributed by atoms with Crippen LogP contribution >= 0.6 is 0 Å². The Balaban J connectivity index is 2.00. The number of carbonyl (C=O) groups is 2. The Morgan fingerprint density at radius 1 is 1.10 bits per heavy atom. The predicted octanol–water partition coefficient (Wildman–Crippen LogP) is 2.19. The van der Waals surface area contributed by atoms with Crippen molar-refractivity contribution in [2.75, 3.05) is 0 Å². The summed E-state index contributed by atoms with van der Waals surface area (Å²) in [5.74, 6) is 3.57. The van der Waals surface area contributed by atoms with E-state index >= 15 is 0 Å². The number of hydrogen-bond acceptors (Lipinski definition) is 2. The lowest BCUT2D eigenvalue weighted by atomic mass is 9.95. The van der Waals surface area contributed by atoms with Crippen molar-refractivity contribution in [1.82, 2.24) is 5.32 Å². The summed E-state index contributed by atoms with van der Waals surface area (Å²) in [6, 6.07) is 8.93. The van der Waals surface area contributed by atoms with Crippen LogP contribution in [0.4, 0.5) is 0 Å². The molecule has 2 N–H and O–H groups in total. The van der Waals surface area contributed by atoms with E-state index in [9.17, 15) is 14.7 Å². The number of carbonyl (C=O) groups excluding carboxylic acids is 1. The molecule has 0 saturated heterocycles. The Kier molecular flexibility index (Phi) is 5.39. The molecule has 1 fully saturated rings. The number of nitrogens with one attached hydrogen (secondary N) is 1. The Bertz CT molecular complexity index is 556. The van der Waals surface area contributed by atoms with Crippen molar-refractivity contribution in [2.45, 2.75) is 38.1 Å². The van der Waals surface area contributed by atoms with E-state index in [1.807, 2.05) is 30.3 Å². The van der Waals surface area contributed by atoms with Crippen molar-refractivity contribution in [3.05, 3.63) is 35.9 Å². The zero-order valence-electron chi connectivity index (χ0n) is 11.8. The fourth-order valence-corrected chi connectivity index (χ4v) is 2.63. The van der Waals surface area contributed by atoms with Crippen LogP contribution in [0.5, 0.6) is 0 Å². The Morgan fingerprint density at radius 2 is 1.81 bits per heavy atom. The highest BCUT2D eigenvalue weighted by Gasteiger charge is 2.30. The number of carboxylic acid groups (broad SMARTS) is 1. The quantitative estimate of drug-likeness (QED) is 0.646. The van der Waals surface area contributed by atoms with Gasteiger partial charge in [-0.3, -0.25) is 9.59 Å². The molecular weight excluding hydrogens is 266 g/mol. The van der Waals surface area contributed by atoms with Crippen LogP contribution in [0.2, 0.25) is 0 Å². The summed E-state index contributed by atoms with van der Waals surface area (Å²) in [5.41, 5.74) is 0.767. The van der Waals surface area contributed by atoms with Gasteiger partial charge in [-0.25, -0.2) is 0 Å². The molecule has 2 atom stereocenters. The van der Waals surface area contributed by atoms with Crippen molar-refractivity contribution in [1.29, 1.82) is 0 Å². The summed E-state index contributed by atoms with van der Waals surface area (Å²) in [6.45, 7) is 0. The van der Waals surface area contributed by atoms with Gasteiger partial charge in [0.25, 0.3) is 5.91 Å². The maximum Gasteiger partial charge on any atom is 0.308 e. The normalized spacial score (nSPS) is 21.5. The Hall–Kier alpha value is -2.28. The molecule has 110 valence electrons. The topological polar surface area (TPSA) is 66.4 Å². The van der Waals surface area contributed by atoms with Crippen molar-refractivity contribution in [3.8, 4) is 11.8 Å². The molecule has 4 nitrogen and oxygen atoms in total. The molecule has 21 heavy (non-hydrogen) atoms. The zero-order valence-corrected chi connectivity index (χ0v) is 11.8. The van der Waals surface area contributed by atoms with E-state index in [1.54, 1.807) is 0 Å². The Labute approximate surface area is 124 Å². The minimum atomic E-state index is -0.835. The van der Waals surface area contributed by atoms with Crippen LogP contribution in [-0.2, 0) is 9.59 Å². The van der Waals surface area contributed by atoms with Crippen LogP contribution in [0.25, 0.3) is 0 Å². The molecule has 0 heterocycles. The fraction of sp³-hybridized carbons (Fsp3) is 0.412. The van der Waals surface area contributed by atoms with Crippen LogP contribution < -0.4 is 5.32 Å². The maximum atomic E-state index is 11.9. The third kappa shape index (κ3) is 4.64. The van der Waals surface area contributed by atoms with Gasteiger partial charge in [0.15, 0.2) is 0 Å². The van der Waals surface area contributed by atoms with Gasteiger partial charge < -0.3 is 10.4 Å². The molecule has 1 aromatic carbocycles. The molecule has 0 aliphatic heterocycles. The second-order valence-corrected chi connectivity index (χ2v) is 5.28. The highest BCUT2D eigenvalue weighted by atomic mass is 16.4. The SMILES string of the molecule is O=C(C#Cc1ccccc1)NC1CCCCCC1C(=O)O. The zero-order chi connectivity index (χ0) is 15.1. The molecule has 0 bridgehead atoms. The first-order valence-electron chi connectivity index (χ1n) is 7.27. The second-order valence-electron chi connectivity index (χ2n) is 5.28. The Morgan fingerprint density at radius 3 is 2.52 bits per heavy atom. The largest absolute Gasteiger partial charge is 0.481 e. The van der Waals surface area contributed by atoms with E-state index in [0.29, 0.717) is 12.8 Å². The fourth-order valence-electron chi connectivity index (χ4n) is 2.63. The molecule has 4 heteroatoms. The van der Waals surface area contributed by atoms with Crippen molar-refractivity contribution >= 4 is 11.9 Å². The lowest BCUT2D eigenvalue weighted by molar-refractivity contribution is -0.143. The molecule has 0 radical (unpaired) electrons. The number of hydrogen-bond donors (Lipinski definition) is 2. The summed E-state index contributed by atoms with van der Waals surface area (Å²) >= 11 is 0. The molecule has 2 unspecified atom stereocenters. The predicted molar refractivity (Wildman–Crippen MR) is 79.5 cm³/mol. The molecule has 2 rings (SSSR count). The summed E-state index contributed by atoms with van der Waals surface area (Å²) in [6.07, 6.45) is 4.19.